The Kier molecular flexibility index (Phi) is 7.86. The van der Waals surface area contributed by atoms with Crippen LogP contribution in [0.3, 0.4) is 0 Å². The Hall–Kier alpha value is -2.82. The number of hydrogen-bond acceptors (Lipinski definition) is 3. The van der Waals surface area contributed by atoms with Gasteiger partial charge >= 0.3 is 5.97 Å². The molecule has 0 atom stereocenters. The molecule has 0 saturated heterocycles. The van der Waals surface area contributed by atoms with Crippen molar-refractivity contribution in [1.29, 1.82) is 5.41 Å². The largest absolute Gasteiger partial charge is 0.481 e. The van der Waals surface area contributed by atoms with Gasteiger partial charge in [0.25, 0.3) is 0 Å². The molecular weight excluding hydrogens is 340 g/mol. The molecule has 5 heteroatoms. The summed E-state index contributed by atoms with van der Waals surface area (Å²) in [6, 6.07) is 12.1. The average molecular weight is 368 g/mol. The summed E-state index contributed by atoms with van der Waals surface area (Å²) in [6.45, 7) is 3.81. The molecule has 0 radical (unpaired) electrons. The number of para-hydroxylation sites is 1. The van der Waals surface area contributed by atoms with Crippen LogP contribution in [0, 0.1) is 5.41 Å². The zero-order valence-electron chi connectivity index (χ0n) is 16.1. The number of carbonyl (C=O) groups is 1. The van der Waals surface area contributed by atoms with E-state index >= 15 is 0 Å². The molecule has 0 spiro atoms. The Balaban J connectivity index is 0.000000465. The molecule has 0 aliphatic heterocycles. The monoisotopic (exact) mass is 368 g/mol. The predicted molar refractivity (Wildman–Crippen MR) is 109 cm³/mol. The van der Waals surface area contributed by atoms with Gasteiger partial charge in [-0.2, -0.15) is 0 Å². The molecule has 0 unspecified atom stereocenters. The first kappa shape index (κ1) is 20.5. The molecule has 5 nitrogen and oxygen atoms in total. The van der Waals surface area contributed by atoms with Gasteiger partial charge in [0.2, 0.25) is 5.88 Å². The quantitative estimate of drug-likeness (QED) is 0.375. The number of fused-ring (bicyclic) bond motifs is 1. The van der Waals surface area contributed by atoms with Gasteiger partial charge < -0.3 is 14.9 Å². The van der Waals surface area contributed by atoms with Crippen LogP contribution in [0.2, 0.25) is 0 Å². The van der Waals surface area contributed by atoms with Crippen LogP contribution >= 0.6 is 0 Å². The number of carboxylic acid groups (broad SMARTS) is 1. The molecule has 2 heterocycles. The topological polar surface area (TPSA) is 79.2 Å². The summed E-state index contributed by atoms with van der Waals surface area (Å²) in [5.41, 5.74) is 2.83. The molecule has 1 aromatic carbocycles. The number of benzene rings is 1. The summed E-state index contributed by atoms with van der Waals surface area (Å²) in [4.78, 5) is 9.37. The fourth-order valence-electron chi connectivity index (χ4n) is 2.87. The summed E-state index contributed by atoms with van der Waals surface area (Å²) in [6.07, 6.45) is 9.55. The van der Waals surface area contributed by atoms with E-state index in [9.17, 15) is 4.79 Å². The number of rotatable bonds is 8. The highest BCUT2D eigenvalue weighted by atomic mass is 16.4. The fourth-order valence-corrected chi connectivity index (χ4v) is 2.87. The summed E-state index contributed by atoms with van der Waals surface area (Å²) in [7, 11) is 0. The molecule has 3 aromatic rings. The van der Waals surface area contributed by atoms with Crippen LogP contribution in [0.5, 0.6) is 0 Å². The lowest BCUT2D eigenvalue weighted by Gasteiger charge is -2.02. The zero-order chi connectivity index (χ0) is 19.6. The van der Waals surface area contributed by atoms with Crippen molar-refractivity contribution >= 4 is 22.6 Å². The van der Waals surface area contributed by atoms with Gasteiger partial charge in [0.1, 0.15) is 0 Å². The van der Waals surface area contributed by atoms with Crippen molar-refractivity contribution in [3.8, 4) is 5.88 Å². The number of carboxylic acids is 1. The van der Waals surface area contributed by atoms with Crippen molar-refractivity contribution in [2.24, 2.45) is 0 Å². The number of aromatic nitrogens is 1. The number of unbranched alkanes of at least 4 members (excludes halogenated alkanes) is 3. The number of nitrogens with one attached hydrogen (secondary N) is 1. The summed E-state index contributed by atoms with van der Waals surface area (Å²) < 4.78 is 7.56. The highest BCUT2D eigenvalue weighted by molar-refractivity contribution is 6.09. The number of nitrogens with zero attached hydrogens (tertiary/aromatic N) is 1. The van der Waals surface area contributed by atoms with Gasteiger partial charge in [-0.15, -0.1) is 0 Å². The molecule has 144 valence electrons. The van der Waals surface area contributed by atoms with E-state index in [0.717, 1.165) is 40.9 Å². The highest BCUT2D eigenvalue weighted by Gasteiger charge is 2.13. The molecule has 0 aliphatic carbocycles. The van der Waals surface area contributed by atoms with E-state index in [0.29, 0.717) is 0 Å². The van der Waals surface area contributed by atoms with Crippen LogP contribution < -0.4 is 0 Å². The number of aliphatic carboxylic acids is 1. The smallest absolute Gasteiger partial charge is 0.303 e. The van der Waals surface area contributed by atoms with E-state index in [-0.39, 0.29) is 6.42 Å². The first-order valence-electron chi connectivity index (χ1n) is 9.52. The third-order valence-electron chi connectivity index (χ3n) is 4.36. The molecule has 3 rings (SSSR count). The van der Waals surface area contributed by atoms with Crippen LogP contribution in [0.15, 0.2) is 53.3 Å². The standard InChI is InChI=1S/C19H22N2O.C3H6O2/c1-2-3-4-5-10-17(20)16-14-21(19-12-8-13-22-19)18-11-7-6-9-15(16)18;1-2-3(4)5/h6-9,11-14,20H,2-5,10H2,1H3;2H2,1H3,(H,4,5). The van der Waals surface area contributed by atoms with Crippen molar-refractivity contribution < 1.29 is 14.3 Å². The maximum absolute atomic E-state index is 9.37. The van der Waals surface area contributed by atoms with Gasteiger partial charge in [0.05, 0.1) is 11.8 Å². The minimum Gasteiger partial charge on any atom is -0.481 e. The highest BCUT2D eigenvalue weighted by Crippen LogP contribution is 2.26. The number of hydrogen-bond donors (Lipinski definition) is 2. The molecule has 27 heavy (non-hydrogen) atoms. The average Bonchev–Trinajstić information content (AvgIpc) is 3.33. The van der Waals surface area contributed by atoms with Crippen LogP contribution in [-0.2, 0) is 4.79 Å². The lowest BCUT2D eigenvalue weighted by molar-refractivity contribution is -0.136. The van der Waals surface area contributed by atoms with Crippen LogP contribution in [0.4, 0.5) is 0 Å². The van der Waals surface area contributed by atoms with Crippen molar-refractivity contribution in [3.63, 3.8) is 0 Å². The molecule has 0 bridgehead atoms. The SMILES string of the molecule is CCC(=O)O.CCCCCCC(=N)c1cn(-c2ccco2)c2ccccc12. The maximum Gasteiger partial charge on any atom is 0.303 e. The predicted octanol–water partition coefficient (Wildman–Crippen LogP) is 6.04. The minimum absolute atomic E-state index is 0.222. The Morgan fingerprint density at radius 2 is 1.85 bits per heavy atom. The molecule has 2 aromatic heterocycles. The van der Waals surface area contributed by atoms with E-state index < -0.39 is 5.97 Å². The van der Waals surface area contributed by atoms with Gasteiger partial charge in [-0.1, -0.05) is 51.3 Å². The van der Waals surface area contributed by atoms with Crippen LogP contribution in [-0.4, -0.2) is 21.4 Å². The van der Waals surface area contributed by atoms with Gasteiger partial charge in [-0.05, 0) is 25.0 Å². The van der Waals surface area contributed by atoms with Crippen LogP contribution in [0.25, 0.3) is 16.8 Å². The Labute approximate surface area is 160 Å². The van der Waals surface area contributed by atoms with Crippen molar-refractivity contribution in [2.45, 2.75) is 52.4 Å². The zero-order valence-corrected chi connectivity index (χ0v) is 16.1. The Morgan fingerprint density at radius 1 is 1.11 bits per heavy atom. The molecule has 0 amide bonds. The Bertz CT molecular complexity index is 863. The fraction of sp³-hybridized carbons (Fsp3) is 0.364. The molecule has 0 saturated carbocycles. The van der Waals surface area contributed by atoms with Gasteiger partial charge in [0.15, 0.2) is 0 Å². The minimum atomic E-state index is -0.745. The summed E-state index contributed by atoms with van der Waals surface area (Å²) >= 11 is 0. The number of furan rings is 1. The second kappa shape index (κ2) is 10.4. The maximum atomic E-state index is 9.37. The van der Waals surface area contributed by atoms with E-state index in [4.69, 9.17) is 14.9 Å². The molecular formula is C22H28N2O3. The molecule has 0 fully saturated rings. The van der Waals surface area contributed by atoms with Gasteiger partial charge in [-0.3, -0.25) is 9.36 Å². The normalized spacial score (nSPS) is 10.4. The lowest BCUT2D eigenvalue weighted by atomic mass is 10.0. The first-order valence-corrected chi connectivity index (χ1v) is 9.52. The third-order valence-corrected chi connectivity index (χ3v) is 4.36. The van der Waals surface area contributed by atoms with Gasteiger partial charge in [0, 0.05) is 35.3 Å². The van der Waals surface area contributed by atoms with Gasteiger partial charge in [-0.25, -0.2) is 0 Å². The van der Waals surface area contributed by atoms with Crippen LogP contribution in [0.1, 0.15) is 57.9 Å². The van der Waals surface area contributed by atoms with Crippen molar-refractivity contribution in [2.75, 3.05) is 0 Å². The van der Waals surface area contributed by atoms with E-state index in [1.54, 1.807) is 13.2 Å². The molecule has 2 N–H and O–H groups in total. The summed E-state index contributed by atoms with van der Waals surface area (Å²) in [5.74, 6) is 0.0474. The third kappa shape index (κ3) is 5.58. The molecule has 0 aliphatic rings. The summed E-state index contributed by atoms with van der Waals surface area (Å²) in [5, 5.41) is 17.3. The van der Waals surface area contributed by atoms with Crippen molar-refractivity contribution in [3.05, 3.63) is 54.4 Å². The second-order valence-corrected chi connectivity index (χ2v) is 6.42. The van der Waals surface area contributed by atoms with E-state index in [1.807, 2.05) is 35.0 Å². The van der Waals surface area contributed by atoms with E-state index in [1.165, 1.54) is 19.3 Å². The Morgan fingerprint density at radius 3 is 2.48 bits per heavy atom. The second-order valence-electron chi connectivity index (χ2n) is 6.42. The van der Waals surface area contributed by atoms with E-state index in [2.05, 4.69) is 19.1 Å². The van der Waals surface area contributed by atoms with Crippen molar-refractivity contribution in [1.82, 2.24) is 4.57 Å². The lowest BCUT2D eigenvalue weighted by Crippen LogP contribution is -1.98. The first-order chi connectivity index (χ1) is 13.1.